The summed E-state index contributed by atoms with van der Waals surface area (Å²) in [5, 5.41) is 5.93. The molecule has 0 unspecified atom stereocenters. The van der Waals surface area contributed by atoms with Crippen molar-refractivity contribution in [3.63, 3.8) is 0 Å². The van der Waals surface area contributed by atoms with Crippen LogP contribution in [-0.2, 0) is 0 Å². The summed E-state index contributed by atoms with van der Waals surface area (Å²) >= 11 is 0. The number of carbonyl (C=O) groups is 2. The molecule has 6 heteroatoms. The topological polar surface area (TPSA) is 76.7 Å². The predicted octanol–water partition coefficient (Wildman–Crippen LogP) is 4.02. The smallest absolute Gasteiger partial charge is 0.259 e. The molecule has 1 aliphatic rings. The van der Waals surface area contributed by atoms with Gasteiger partial charge in [0.05, 0.1) is 31.0 Å². The molecule has 2 aromatic rings. The number of carbonyl (C=O) groups excluding carboxylic acids is 2. The molecule has 6 nitrogen and oxygen atoms in total. The first kappa shape index (κ1) is 19.7. The molecule has 0 heterocycles. The fourth-order valence-electron chi connectivity index (χ4n) is 3.48. The lowest BCUT2D eigenvalue weighted by atomic mass is 9.95. The van der Waals surface area contributed by atoms with Crippen LogP contribution in [0.2, 0.25) is 0 Å². The van der Waals surface area contributed by atoms with E-state index in [1.165, 1.54) is 13.5 Å². The maximum Gasteiger partial charge on any atom is 0.259 e. The van der Waals surface area contributed by atoms with Gasteiger partial charge in [0.15, 0.2) is 0 Å². The summed E-state index contributed by atoms with van der Waals surface area (Å²) in [5.41, 5.74) is 1.29. The second kappa shape index (κ2) is 9.26. The van der Waals surface area contributed by atoms with E-state index in [2.05, 4.69) is 10.6 Å². The van der Waals surface area contributed by atoms with Crippen LogP contribution in [0.4, 0.5) is 5.69 Å². The van der Waals surface area contributed by atoms with Gasteiger partial charge in [0.2, 0.25) is 0 Å². The van der Waals surface area contributed by atoms with Crippen molar-refractivity contribution in [1.82, 2.24) is 5.32 Å². The first-order chi connectivity index (χ1) is 13.6. The van der Waals surface area contributed by atoms with E-state index in [1.807, 2.05) is 0 Å². The molecule has 2 amide bonds. The summed E-state index contributed by atoms with van der Waals surface area (Å²) in [7, 11) is 3.05. The van der Waals surface area contributed by atoms with Gasteiger partial charge in [0.1, 0.15) is 11.5 Å². The van der Waals surface area contributed by atoms with Crippen molar-refractivity contribution in [2.45, 2.75) is 38.1 Å². The first-order valence-electron chi connectivity index (χ1n) is 9.55. The molecular formula is C22H26N2O4. The molecule has 1 aliphatic carbocycles. The average Bonchev–Trinajstić information content (AvgIpc) is 2.74. The summed E-state index contributed by atoms with van der Waals surface area (Å²) in [6, 6.07) is 12.2. The van der Waals surface area contributed by atoms with Gasteiger partial charge in [0.25, 0.3) is 11.8 Å². The third-order valence-corrected chi connectivity index (χ3v) is 5.01. The minimum absolute atomic E-state index is 0.163. The lowest BCUT2D eigenvalue weighted by molar-refractivity contribution is 0.0928. The van der Waals surface area contributed by atoms with E-state index in [0.717, 1.165) is 25.7 Å². The zero-order valence-electron chi connectivity index (χ0n) is 16.3. The van der Waals surface area contributed by atoms with Crippen molar-refractivity contribution in [3.8, 4) is 11.5 Å². The van der Waals surface area contributed by atoms with Gasteiger partial charge in [-0.3, -0.25) is 9.59 Å². The number of methoxy groups -OCH3 is 2. The van der Waals surface area contributed by atoms with Crippen molar-refractivity contribution in [1.29, 1.82) is 0 Å². The normalized spacial score (nSPS) is 14.2. The zero-order valence-corrected chi connectivity index (χ0v) is 16.3. The highest BCUT2D eigenvalue weighted by Crippen LogP contribution is 2.26. The monoisotopic (exact) mass is 382 g/mol. The Morgan fingerprint density at radius 3 is 2.36 bits per heavy atom. The Balaban J connectivity index is 1.77. The SMILES string of the molecule is COc1ccc(C(=O)Nc2ccccc2C(=O)NC2CCCCC2)c(OC)c1. The van der Waals surface area contributed by atoms with Crippen LogP contribution in [0.3, 0.4) is 0 Å². The molecule has 0 aliphatic heterocycles. The molecule has 148 valence electrons. The van der Waals surface area contributed by atoms with Gasteiger partial charge in [-0.1, -0.05) is 31.4 Å². The predicted molar refractivity (Wildman–Crippen MR) is 108 cm³/mol. The summed E-state index contributed by atoms with van der Waals surface area (Å²) < 4.78 is 10.5. The quantitative estimate of drug-likeness (QED) is 0.791. The van der Waals surface area contributed by atoms with Crippen LogP contribution in [0.1, 0.15) is 52.8 Å². The molecule has 1 saturated carbocycles. The molecule has 2 N–H and O–H groups in total. The van der Waals surface area contributed by atoms with E-state index in [1.54, 1.807) is 49.6 Å². The number of para-hydroxylation sites is 1. The number of rotatable bonds is 6. The number of anilines is 1. The third-order valence-electron chi connectivity index (χ3n) is 5.01. The van der Waals surface area contributed by atoms with E-state index in [0.29, 0.717) is 28.3 Å². The van der Waals surface area contributed by atoms with Crippen molar-refractivity contribution in [2.24, 2.45) is 0 Å². The van der Waals surface area contributed by atoms with Crippen LogP contribution in [0.15, 0.2) is 42.5 Å². The Kier molecular flexibility index (Phi) is 6.53. The van der Waals surface area contributed by atoms with Crippen LogP contribution in [0.25, 0.3) is 0 Å². The van der Waals surface area contributed by atoms with Crippen LogP contribution in [-0.4, -0.2) is 32.1 Å². The molecule has 0 spiro atoms. The van der Waals surface area contributed by atoms with E-state index in [4.69, 9.17) is 9.47 Å². The lowest BCUT2D eigenvalue weighted by Gasteiger charge is -2.23. The van der Waals surface area contributed by atoms with E-state index in [-0.39, 0.29) is 17.9 Å². The van der Waals surface area contributed by atoms with Gasteiger partial charge in [-0.25, -0.2) is 0 Å². The molecule has 2 aromatic carbocycles. The fourth-order valence-corrected chi connectivity index (χ4v) is 3.48. The van der Waals surface area contributed by atoms with Gasteiger partial charge in [0, 0.05) is 12.1 Å². The Hall–Kier alpha value is -3.02. The van der Waals surface area contributed by atoms with E-state index < -0.39 is 0 Å². The van der Waals surface area contributed by atoms with Gasteiger partial charge >= 0.3 is 0 Å². The molecule has 0 radical (unpaired) electrons. The second-order valence-corrected chi connectivity index (χ2v) is 6.87. The number of benzene rings is 2. The van der Waals surface area contributed by atoms with Gasteiger partial charge in [-0.15, -0.1) is 0 Å². The first-order valence-corrected chi connectivity index (χ1v) is 9.55. The van der Waals surface area contributed by atoms with Crippen LogP contribution in [0, 0.1) is 0 Å². The third kappa shape index (κ3) is 4.63. The zero-order chi connectivity index (χ0) is 19.9. The van der Waals surface area contributed by atoms with Crippen molar-refractivity contribution in [3.05, 3.63) is 53.6 Å². The standard InChI is InChI=1S/C22H26N2O4/c1-27-16-12-13-18(20(14-16)28-2)22(26)24-19-11-7-6-10-17(19)21(25)23-15-8-4-3-5-9-15/h6-7,10-15H,3-5,8-9H2,1-2H3,(H,23,25)(H,24,26). The lowest BCUT2D eigenvalue weighted by Crippen LogP contribution is -2.36. The van der Waals surface area contributed by atoms with Gasteiger partial charge in [-0.2, -0.15) is 0 Å². The Bertz CT molecular complexity index is 844. The highest BCUT2D eigenvalue weighted by atomic mass is 16.5. The maximum atomic E-state index is 12.8. The molecular weight excluding hydrogens is 356 g/mol. The number of amides is 2. The molecule has 0 aromatic heterocycles. The number of nitrogens with one attached hydrogen (secondary N) is 2. The Morgan fingerprint density at radius 1 is 0.893 bits per heavy atom. The highest BCUT2D eigenvalue weighted by molar-refractivity contribution is 6.10. The molecule has 3 rings (SSSR count). The molecule has 0 atom stereocenters. The Labute approximate surface area is 165 Å². The minimum Gasteiger partial charge on any atom is -0.497 e. The van der Waals surface area contributed by atoms with Crippen LogP contribution < -0.4 is 20.1 Å². The number of hydrogen-bond donors (Lipinski definition) is 2. The minimum atomic E-state index is -0.350. The molecule has 0 bridgehead atoms. The summed E-state index contributed by atoms with van der Waals surface area (Å²) in [5.74, 6) is 0.489. The van der Waals surface area contributed by atoms with Crippen molar-refractivity contribution >= 4 is 17.5 Å². The largest absolute Gasteiger partial charge is 0.497 e. The summed E-state index contributed by atoms with van der Waals surface area (Å²) in [4.78, 5) is 25.5. The van der Waals surface area contributed by atoms with Crippen molar-refractivity contribution in [2.75, 3.05) is 19.5 Å². The molecule has 28 heavy (non-hydrogen) atoms. The molecule has 0 saturated heterocycles. The van der Waals surface area contributed by atoms with E-state index in [9.17, 15) is 9.59 Å². The highest BCUT2D eigenvalue weighted by Gasteiger charge is 2.20. The summed E-state index contributed by atoms with van der Waals surface area (Å²) in [6.07, 6.45) is 5.51. The van der Waals surface area contributed by atoms with Gasteiger partial charge < -0.3 is 20.1 Å². The maximum absolute atomic E-state index is 12.8. The summed E-state index contributed by atoms with van der Waals surface area (Å²) in [6.45, 7) is 0. The van der Waals surface area contributed by atoms with Gasteiger partial charge in [-0.05, 0) is 37.1 Å². The van der Waals surface area contributed by atoms with Crippen LogP contribution in [0.5, 0.6) is 11.5 Å². The van der Waals surface area contributed by atoms with E-state index >= 15 is 0 Å². The second-order valence-electron chi connectivity index (χ2n) is 6.87. The Morgan fingerprint density at radius 2 is 1.64 bits per heavy atom. The average molecular weight is 382 g/mol. The van der Waals surface area contributed by atoms with Crippen molar-refractivity contribution < 1.29 is 19.1 Å². The number of hydrogen-bond acceptors (Lipinski definition) is 4. The molecule has 1 fully saturated rings. The number of ether oxygens (including phenoxy) is 2. The fraction of sp³-hybridized carbons (Fsp3) is 0.364. The van der Waals surface area contributed by atoms with Crippen LogP contribution >= 0.6 is 0 Å².